The van der Waals surface area contributed by atoms with Gasteiger partial charge in [0.2, 0.25) is 0 Å². The Kier molecular flexibility index (Phi) is 4.99. The second-order valence-electron chi connectivity index (χ2n) is 6.50. The molecule has 0 heterocycles. The number of hydrogen-bond acceptors (Lipinski definition) is 4. The van der Waals surface area contributed by atoms with E-state index in [0.29, 0.717) is 26.9 Å². The summed E-state index contributed by atoms with van der Waals surface area (Å²) >= 11 is 3.37. The molecule has 1 aliphatic rings. The number of allylic oxidation sites excluding steroid dienone is 2. The van der Waals surface area contributed by atoms with Crippen LogP contribution in [-0.4, -0.2) is 24.5 Å². The predicted octanol–water partition coefficient (Wildman–Crippen LogP) is 5.17. The third-order valence-corrected chi connectivity index (χ3v) is 5.44. The number of halogens is 1. The SMILES string of the molecule is COc1ccc(C(=O)C2=C(c3ccccc3)C(=O)c3ccccc3C2=O)cc1Br. The van der Waals surface area contributed by atoms with Gasteiger partial charge < -0.3 is 4.74 Å². The maximum absolute atomic E-state index is 13.4. The number of rotatable bonds is 4. The molecule has 4 rings (SSSR count). The molecular weight excluding hydrogens is 432 g/mol. The van der Waals surface area contributed by atoms with E-state index in [2.05, 4.69) is 15.9 Å². The minimum absolute atomic E-state index is 0.114. The number of Topliss-reactive ketones (excluding diaryl/α,β-unsaturated/α-hetero) is 3. The summed E-state index contributed by atoms with van der Waals surface area (Å²) in [7, 11) is 1.53. The minimum Gasteiger partial charge on any atom is -0.496 e. The summed E-state index contributed by atoms with van der Waals surface area (Å²) < 4.78 is 5.79. The Morgan fingerprint density at radius 1 is 0.828 bits per heavy atom. The van der Waals surface area contributed by atoms with Crippen molar-refractivity contribution in [2.45, 2.75) is 0 Å². The minimum atomic E-state index is -0.500. The molecule has 0 saturated carbocycles. The van der Waals surface area contributed by atoms with E-state index < -0.39 is 11.6 Å². The summed E-state index contributed by atoms with van der Waals surface area (Å²) in [5.41, 5.74) is 1.40. The molecule has 0 fully saturated rings. The molecule has 0 aromatic heterocycles. The molecule has 0 bridgehead atoms. The average Bonchev–Trinajstić information content (AvgIpc) is 2.76. The van der Waals surface area contributed by atoms with Crippen LogP contribution in [0.3, 0.4) is 0 Å². The second-order valence-corrected chi connectivity index (χ2v) is 7.35. The number of fused-ring (bicyclic) bond motifs is 1. The molecule has 29 heavy (non-hydrogen) atoms. The lowest BCUT2D eigenvalue weighted by Gasteiger charge is -2.21. The third-order valence-electron chi connectivity index (χ3n) is 4.82. The molecule has 0 aliphatic heterocycles. The predicted molar refractivity (Wildman–Crippen MR) is 113 cm³/mol. The molecule has 142 valence electrons. The van der Waals surface area contributed by atoms with E-state index in [1.54, 1.807) is 66.7 Å². The Bertz CT molecular complexity index is 1190. The van der Waals surface area contributed by atoms with Crippen molar-refractivity contribution in [2.75, 3.05) is 7.11 Å². The molecule has 0 radical (unpaired) electrons. The standard InChI is InChI=1S/C24H15BrO4/c1-29-19-12-11-15(13-18(19)25)22(26)21-20(14-7-3-2-4-8-14)23(27)16-9-5-6-10-17(16)24(21)28/h2-13H,1H3. The summed E-state index contributed by atoms with van der Waals surface area (Å²) in [6.45, 7) is 0. The van der Waals surface area contributed by atoms with E-state index >= 15 is 0 Å². The van der Waals surface area contributed by atoms with Crippen LogP contribution in [0.2, 0.25) is 0 Å². The van der Waals surface area contributed by atoms with Crippen LogP contribution in [-0.2, 0) is 0 Å². The van der Waals surface area contributed by atoms with E-state index in [0.717, 1.165) is 0 Å². The van der Waals surface area contributed by atoms with E-state index in [-0.39, 0.29) is 22.5 Å². The highest BCUT2D eigenvalue weighted by atomic mass is 79.9. The van der Waals surface area contributed by atoms with Gasteiger partial charge in [0.1, 0.15) is 5.75 Å². The monoisotopic (exact) mass is 446 g/mol. The molecule has 3 aromatic carbocycles. The normalized spacial score (nSPS) is 13.3. The van der Waals surface area contributed by atoms with Crippen molar-refractivity contribution >= 4 is 38.9 Å². The van der Waals surface area contributed by atoms with Gasteiger partial charge in [-0.05, 0) is 39.7 Å². The van der Waals surface area contributed by atoms with E-state index in [9.17, 15) is 14.4 Å². The lowest BCUT2D eigenvalue weighted by molar-refractivity contribution is 0.0940. The highest BCUT2D eigenvalue weighted by molar-refractivity contribution is 9.10. The van der Waals surface area contributed by atoms with Crippen molar-refractivity contribution in [1.29, 1.82) is 0 Å². The molecule has 0 saturated heterocycles. The van der Waals surface area contributed by atoms with Crippen LogP contribution in [0.5, 0.6) is 5.75 Å². The van der Waals surface area contributed by atoms with Gasteiger partial charge in [0.15, 0.2) is 17.3 Å². The molecular formula is C24H15BrO4. The maximum Gasteiger partial charge on any atom is 0.198 e. The molecule has 5 heteroatoms. The largest absolute Gasteiger partial charge is 0.496 e. The van der Waals surface area contributed by atoms with Gasteiger partial charge in [0.25, 0.3) is 0 Å². The summed E-state index contributed by atoms with van der Waals surface area (Å²) in [4.78, 5) is 40.0. The van der Waals surface area contributed by atoms with Crippen LogP contribution < -0.4 is 4.74 Å². The number of carbonyl (C=O) groups is 3. The Balaban J connectivity index is 1.95. The van der Waals surface area contributed by atoms with Gasteiger partial charge in [-0.1, -0.05) is 54.6 Å². The zero-order valence-electron chi connectivity index (χ0n) is 15.4. The molecule has 0 N–H and O–H groups in total. The lowest BCUT2D eigenvalue weighted by atomic mass is 9.78. The number of ketones is 3. The highest BCUT2D eigenvalue weighted by Gasteiger charge is 2.36. The van der Waals surface area contributed by atoms with Gasteiger partial charge >= 0.3 is 0 Å². The lowest BCUT2D eigenvalue weighted by Crippen LogP contribution is -2.26. The number of methoxy groups -OCH3 is 1. The van der Waals surface area contributed by atoms with Crippen LogP contribution in [0, 0.1) is 0 Å². The summed E-state index contributed by atoms with van der Waals surface area (Å²) in [5, 5.41) is 0. The molecule has 1 aliphatic carbocycles. The Hall–Kier alpha value is -3.31. The third kappa shape index (κ3) is 3.23. The first-order valence-electron chi connectivity index (χ1n) is 8.89. The summed E-state index contributed by atoms with van der Waals surface area (Å²) in [6.07, 6.45) is 0. The maximum atomic E-state index is 13.4. The fourth-order valence-corrected chi connectivity index (χ4v) is 3.97. The molecule has 4 nitrogen and oxygen atoms in total. The topological polar surface area (TPSA) is 60.4 Å². The van der Waals surface area contributed by atoms with Crippen molar-refractivity contribution in [3.05, 3.63) is 105 Å². The summed E-state index contributed by atoms with van der Waals surface area (Å²) in [5.74, 6) is -0.714. The van der Waals surface area contributed by atoms with Gasteiger partial charge in [-0.3, -0.25) is 14.4 Å². The molecule has 0 spiro atoms. The van der Waals surface area contributed by atoms with Gasteiger partial charge in [-0.15, -0.1) is 0 Å². The van der Waals surface area contributed by atoms with Crippen molar-refractivity contribution in [2.24, 2.45) is 0 Å². The number of carbonyl (C=O) groups excluding carboxylic acids is 3. The smallest absolute Gasteiger partial charge is 0.198 e. The Labute approximate surface area is 176 Å². The van der Waals surface area contributed by atoms with E-state index in [4.69, 9.17) is 4.74 Å². The van der Waals surface area contributed by atoms with Gasteiger partial charge in [-0.25, -0.2) is 0 Å². The molecule has 3 aromatic rings. The number of ether oxygens (including phenoxy) is 1. The Morgan fingerprint density at radius 3 is 2.07 bits per heavy atom. The Morgan fingerprint density at radius 2 is 1.45 bits per heavy atom. The van der Waals surface area contributed by atoms with Crippen LogP contribution in [0.25, 0.3) is 5.57 Å². The van der Waals surface area contributed by atoms with Crippen molar-refractivity contribution < 1.29 is 19.1 Å². The van der Waals surface area contributed by atoms with Crippen LogP contribution >= 0.6 is 15.9 Å². The number of hydrogen-bond donors (Lipinski definition) is 0. The zero-order valence-corrected chi connectivity index (χ0v) is 17.0. The molecule has 0 atom stereocenters. The van der Waals surface area contributed by atoms with Gasteiger partial charge in [0.05, 0.1) is 17.2 Å². The molecule has 0 unspecified atom stereocenters. The first-order valence-corrected chi connectivity index (χ1v) is 9.68. The van der Waals surface area contributed by atoms with Crippen LogP contribution in [0.4, 0.5) is 0 Å². The highest BCUT2D eigenvalue weighted by Crippen LogP contribution is 2.35. The quantitative estimate of drug-likeness (QED) is 0.409. The first-order chi connectivity index (χ1) is 14.0. The molecule has 0 amide bonds. The fourth-order valence-electron chi connectivity index (χ4n) is 3.42. The van der Waals surface area contributed by atoms with Crippen molar-refractivity contribution in [1.82, 2.24) is 0 Å². The summed E-state index contributed by atoms with van der Waals surface area (Å²) in [6, 6.07) is 20.2. The van der Waals surface area contributed by atoms with Crippen LogP contribution in [0.1, 0.15) is 36.6 Å². The van der Waals surface area contributed by atoms with E-state index in [1.165, 1.54) is 7.11 Å². The average molecular weight is 447 g/mol. The first kappa shape index (κ1) is 19.0. The van der Waals surface area contributed by atoms with E-state index in [1.807, 2.05) is 6.07 Å². The second kappa shape index (κ2) is 7.60. The van der Waals surface area contributed by atoms with Gasteiger partial charge in [0, 0.05) is 22.3 Å². The van der Waals surface area contributed by atoms with Crippen molar-refractivity contribution in [3.8, 4) is 5.75 Å². The van der Waals surface area contributed by atoms with Crippen molar-refractivity contribution in [3.63, 3.8) is 0 Å². The zero-order chi connectivity index (χ0) is 20.5. The van der Waals surface area contributed by atoms with Gasteiger partial charge in [-0.2, -0.15) is 0 Å². The number of benzene rings is 3. The fraction of sp³-hybridized carbons (Fsp3) is 0.0417. The van der Waals surface area contributed by atoms with Crippen LogP contribution in [0.15, 0.2) is 82.8 Å².